The molecule has 4 nitrogen and oxygen atoms in total. The van der Waals surface area contributed by atoms with Crippen LogP contribution < -0.4 is 11.2 Å². The molecular weight excluding hydrogens is 190 g/mol. The van der Waals surface area contributed by atoms with Crippen LogP contribution in [0.4, 0.5) is 4.79 Å². The number of primary amides is 1. The maximum absolute atomic E-state index is 10.6. The Morgan fingerprint density at radius 1 is 1.53 bits per heavy atom. The first-order valence-electron chi connectivity index (χ1n) is 5.50. The summed E-state index contributed by atoms with van der Waals surface area (Å²) in [6, 6.07) is -0.577. The van der Waals surface area contributed by atoms with Crippen molar-refractivity contribution in [1.29, 1.82) is 0 Å². The zero-order chi connectivity index (χ0) is 11.3. The van der Waals surface area contributed by atoms with E-state index in [1.807, 2.05) is 0 Å². The van der Waals surface area contributed by atoms with E-state index >= 15 is 0 Å². The lowest BCUT2D eigenvalue weighted by molar-refractivity contribution is 0.193. The molecule has 2 saturated carbocycles. The third kappa shape index (κ3) is 1.27. The molecule has 0 heterocycles. The van der Waals surface area contributed by atoms with Gasteiger partial charge in [0.1, 0.15) is 0 Å². The van der Waals surface area contributed by atoms with E-state index in [4.69, 9.17) is 5.73 Å². The minimum Gasteiger partial charge on any atom is -0.350 e. The van der Waals surface area contributed by atoms with Crippen molar-refractivity contribution in [3.05, 3.63) is 0 Å². The lowest BCUT2D eigenvalue weighted by Crippen LogP contribution is -2.35. The number of nitrogens with two attached hydrogens (primary N) is 1. The van der Waals surface area contributed by atoms with Crippen molar-refractivity contribution < 1.29 is 4.79 Å². The standard InChI is InChI=1S/C11H19N3O/c1-10(2)7-4-5-11(10,3)8(6-7)13-14-9(12)15/h7H,4-6H2,1-3H3,(H3,12,14,15)/b13-8+. The van der Waals surface area contributed by atoms with Crippen LogP contribution in [0, 0.1) is 16.7 Å². The number of fused-ring (bicyclic) bond motifs is 2. The van der Waals surface area contributed by atoms with Gasteiger partial charge in [-0.3, -0.25) is 0 Å². The quantitative estimate of drug-likeness (QED) is 0.636. The minimum absolute atomic E-state index is 0.139. The Morgan fingerprint density at radius 2 is 2.20 bits per heavy atom. The number of carbonyl (C=O) groups is 1. The number of hydrogen-bond acceptors (Lipinski definition) is 2. The monoisotopic (exact) mass is 209 g/mol. The predicted molar refractivity (Wildman–Crippen MR) is 59.4 cm³/mol. The number of carbonyl (C=O) groups excluding carboxylic acids is 1. The second-order valence-electron chi connectivity index (χ2n) is 5.53. The first-order valence-corrected chi connectivity index (χ1v) is 5.50. The van der Waals surface area contributed by atoms with Crippen LogP contribution >= 0.6 is 0 Å². The van der Waals surface area contributed by atoms with E-state index in [9.17, 15) is 4.79 Å². The molecule has 2 fully saturated rings. The fraction of sp³-hybridized carbons (Fsp3) is 0.818. The molecule has 15 heavy (non-hydrogen) atoms. The van der Waals surface area contributed by atoms with Gasteiger partial charge in [-0.2, -0.15) is 5.10 Å². The van der Waals surface area contributed by atoms with Crippen molar-refractivity contribution in [2.75, 3.05) is 0 Å². The molecule has 2 amide bonds. The first-order chi connectivity index (χ1) is 6.88. The highest BCUT2D eigenvalue weighted by Gasteiger charge is 2.59. The number of nitrogens with zero attached hydrogens (tertiary/aromatic N) is 1. The molecular formula is C11H19N3O. The molecule has 0 aromatic carbocycles. The Balaban J connectivity index is 2.26. The van der Waals surface area contributed by atoms with Gasteiger partial charge in [-0.15, -0.1) is 0 Å². The maximum Gasteiger partial charge on any atom is 0.332 e. The number of amides is 2. The van der Waals surface area contributed by atoms with Crippen LogP contribution in [-0.4, -0.2) is 11.7 Å². The first kappa shape index (κ1) is 10.5. The molecule has 2 aliphatic rings. The molecule has 84 valence electrons. The van der Waals surface area contributed by atoms with Gasteiger partial charge in [-0.1, -0.05) is 20.8 Å². The molecule has 0 saturated heterocycles. The highest BCUT2D eigenvalue weighted by molar-refractivity contribution is 5.94. The largest absolute Gasteiger partial charge is 0.350 e. The molecule has 0 aromatic rings. The van der Waals surface area contributed by atoms with E-state index in [0.29, 0.717) is 11.3 Å². The van der Waals surface area contributed by atoms with E-state index in [2.05, 4.69) is 31.3 Å². The molecule has 4 heteroatoms. The van der Waals surface area contributed by atoms with E-state index < -0.39 is 6.03 Å². The second-order valence-corrected chi connectivity index (χ2v) is 5.53. The fourth-order valence-electron chi connectivity index (χ4n) is 3.22. The minimum atomic E-state index is -0.577. The summed E-state index contributed by atoms with van der Waals surface area (Å²) in [5.74, 6) is 0.705. The summed E-state index contributed by atoms with van der Waals surface area (Å²) in [5, 5.41) is 4.16. The SMILES string of the molecule is CC12CCC(C/C1=N\NC(N)=O)C2(C)C. The maximum atomic E-state index is 10.6. The highest BCUT2D eigenvalue weighted by Crippen LogP contribution is 2.63. The molecule has 2 bridgehead atoms. The van der Waals surface area contributed by atoms with Crippen molar-refractivity contribution >= 4 is 11.7 Å². The van der Waals surface area contributed by atoms with Crippen LogP contribution in [0.15, 0.2) is 5.10 Å². The number of hydrazone groups is 1. The number of nitrogens with one attached hydrogen (secondary N) is 1. The van der Waals surface area contributed by atoms with Gasteiger partial charge in [0, 0.05) is 11.1 Å². The van der Waals surface area contributed by atoms with Gasteiger partial charge in [-0.25, -0.2) is 10.2 Å². The van der Waals surface area contributed by atoms with Gasteiger partial charge in [0.2, 0.25) is 0 Å². The van der Waals surface area contributed by atoms with E-state index in [1.54, 1.807) is 0 Å². The summed E-state index contributed by atoms with van der Waals surface area (Å²) < 4.78 is 0. The van der Waals surface area contributed by atoms with Crippen LogP contribution in [0.5, 0.6) is 0 Å². The Bertz CT molecular complexity index is 335. The summed E-state index contributed by atoms with van der Waals surface area (Å²) in [7, 11) is 0. The zero-order valence-electron chi connectivity index (χ0n) is 9.63. The molecule has 2 rings (SSSR count). The smallest absolute Gasteiger partial charge is 0.332 e. The van der Waals surface area contributed by atoms with Crippen LogP contribution in [-0.2, 0) is 0 Å². The lowest BCUT2D eigenvalue weighted by Gasteiger charge is -2.34. The molecule has 0 aromatic heterocycles. The summed E-state index contributed by atoms with van der Waals surface area (Å²) in [6.07, 6.45) is 3.45. The summed E-state index contributed by atoms with van der Waals surface area (Å²) in [4.78, 5) is 10.6. The van der Waals surface area contributed by atoms with Crippen molar-refractivity contribution in [3.63, 3.8) is 0 Å². The molecule has 3 N–H and O–H groups in total. The van der Waals surface area contributed by atoms with E-state index in [1.165, 1.54) is 12.8 Å². The zero-order valence-corrected chi connectivity index (χ0v) is 9.63. The van der Waals surface area contributed by atoms with Gasteiger partial charge in [-0.05, 0) is 30.6 Å². The highest BCUT2D eigenvalue weighted by atomic mass is 16.2. The Kier molecular flexibility index (Phi) is 2.07. The van der Waals surface area contributed by atoms with Crippen LogP contribution in [0.2, 0.25) is 0 Å². The summed E-state index contributed by atoms with van der Waals surface area (Å²) >= 11 is 0. The average molecular weight is 209 g/mol. The Labute approximate surface area is 90.3 Å². The molecule has 0 aliphatic heterocycles. The van der Waals surface area contributed by atoms with Crippen molar-refractivity contribution in [1.82, 2.24) is 5.43 Å². The number of rotatable bonds is 1. The third-order valence-corrected chi connectivity index (χ3v) is 4.81. The molecule has 0 spiro atoms. The normalized spacial score (nSPS) is 39.7. The summed E-state index contributed by atoms with van der Waals surface area (Å²) in [5.41, 5.74) is 8.93. The number of urea groups is 1. The van der Waals surface area contributed by atoms with Crippen LogP contribution in [0.25, 0.3) is 0 Å². The predicted octanol–water partition coefficient (Wildman–Crippen LogP) is 1.86. The van der Waals surface area contributed by atoms with Crippen LogP contribution in [0.3, 0.4) is 0 Å². The number of hydrogen-bond donors (Lipinski definition) is 2. The summed E-state index contributed by atoms with van der Waals surface area (Å²) in [6.45, 7) is 6.86. The molecule has 2 unspecified atom stereocenters. The van der Waals surface area contributed by atoms with Gasteiger partial charge < -0.3 is 5.73 Å². The fourth-order valence-corrected chi connectivity index (χ4v) is 3.22. The van der Waals surface area contributed by atoms with Crippen molar-refractivity contribution in [3.8, 4) is 0 Å². The molecule has 2 atom stereocenters. The van der Waals surface area contributed by atoms with Crippen molar-refractivity contribution in [2.45, 2.75) is 40.0 Å². The molecule has 0 radical (unpaired) electrons. The van der Waals surface area contributed by atoms with E-state index in [-0.39, 0.29) is 5.41 Å². The van der Waals surface area contributed by atoms with Crippen molar-refractivity contribution in [2.24, 2.45) is 27.6 Å². The Morgan fingerprint density at radius 3 is 2.60 bits per heavy atom. The van der Waals surface area contributed by atoms with Gasteiger partial charge in [0.15, 0.2) is 0 Å². The van der Waals surface area contributed by atoms with Crippen LogP contribution in [0.1, 0.15) is 40.0 Å². The molecule has 2 aliphatic carbocycles. The average Bonchev–Trinajstić information content (AvgIpc) is 2.46. The van der Waals surface area contributed by atoms with Gasteiger partial charge in [0.05, 0.1) is 0 Å². The topological polar surface area (TPSA) is 67.5 Å². The van der Waals surface area contributed by atoms with E-state index in [0.717, 1.165) is 12.1 Å². The third-order valence-electron chi connectivity index (χ3n) is 4.81. The second kappa shape index (κ2) is 2.97. The Hall–Kier alpha value is -1.06. The lowest BCUT2D eigenvalue weighted by atomic mass is 9.70. The van der Waals surface area contributed by atoms with Gasteiger partial charge >= 0.3 is 6.03 Å². The van der Waals surface area contributed by atoms with Gasteiger partial charge in [0.25, 0.3) is 0 Å².